The van der Waals surface area contributed by atoms with Crippen LogP contribution in [0.5, 0.6) is 0 Å². The molecule has 24 rings (SSSR count). The molecule has 3 heterocycles. The van der Waals surface area contributed by atoms with E-state index in [1.54, 1.807) is 0 Å². The zero-order valence-corrected chi connectivity index (χ0v) is 59.1. The minimum Gasteiger partial charge on any atom is -0.309 e. The van der Waals surface area contributed by atoms with Gasteiger partial charge in [0.2, 0.25) is 0 Å². The summed E-state index contributed by atoms with van der Waals surface area (Å²) in [6, 6.07) is 130. The molecule has 2 unspecified atom stereocenters. The Balaban J connectivity index is 0.000000109. The third-order valence-corrected chi connectivity index (χ3v) is 25.8. The fraction of sp³-hybridized carbons (Fsp3) is 0.0303. The Morgan fingerprint density at radius 3 is 1.29 bits per heavy atom. The summed E-state index contributed by atoms with van der Waals surface area (Å²) in [6.07, 6.45) is 1.07. The van der Waals surface area contributed by atoms with Gasteiger partial charge in [0, 0.05) is 61.3 Å². The molecular formula is C99H60BrNS2. The number of nitrogens with zero attached hydrogens (tertiary/aromatic N) is 1. The Labute approximate surface area is 613 Å². The lowest BCUT2D eigenvalue weighted by Gasteiger charge is -2.30. The third kappa shape index (κ3) is 8.34. The van der Waals surface area contributed by atoms with E-state index in [0.29, 0.717) is 0 Å². The van der Waals surface area contributed by atoms with Gasteiger partial charge in [-0.25, -0.2) is 0 Å². The Bertz CT molecular complexity index is 6810. The van der Waals surface area contributed by atoms with E-state index in [9.17, 15) is 0 Å². The molecule has 0 N–H and O–H groups in total. The Hall–Kier alpha value is -11.8. The average Bonchev–Trinajstić information content (AvgIpc) is 1.51. The van der Waals surface area contributed by atoms with Crippen LogP contribution >= 0.6 is 38.6 Å². The first-order valence-electron chi connectivity index (χ1n) is 35.6. The highest BCUT2D eigenvalue weighted by molar-refractivity contribution is 9.10. The Morgan fingerprint density at radius 1 is 0.252 bits per heavy atom. The number of para-hydroxylation sites is 1. The number of thiophene rings is 2. The lowest BCUT2D eigenvalue weighted by molar-refractivity contribution is 0.793. The van der Waals surface area contributed by atoms with Crippen molar-refractivity contribution < 1.29 is 0 Å². The summed E-state index contributed by atoms with van der Waals surface area (Å²) >= 11 is 7.59. The van der Waals surface area contributed by atoms with Gasteiger partial charge in [0.25, 0.3) is 0 Å². The topological polar surface area (TPSA) is 4.93 Å². The summed E-state index contributed by atoms with van der Waals surface area (Å²) < 4.78 is 9.02. The highest BCUT2D eigenvalue weighted by Crippen LogP contribution is 2.67. The van der Waals surface area contributed by atoms with Crippen LogP contribution in [0.25, 0.3) is 146 Å². The average molecular weight is 1410 g/mol. The molecule has 103 heavy (non-hydrogen) atoms. The lowest BCUT2D eigenvalue weighted by atomic mass is 9.70. The Kier molecular flexibility index (Phi) is 13.0. The number of fused-ring (bicyclic) bond motifs is 34. The zero-order valence-electron chi connectivity index (χ0n) is 55.8. The van der Waals surface area contributed by atoms with Gasteiger partial charge in [-0.1, -0.05) is 295 Å². The van der Waals surface area contributed by atoms with Crippen LogP contribution in [0, 0.1) is 0 Å². The summed E-state index contributed by atoms with van der Waals surface area (Å²) in [5, 5.41) is 8.04. The van der Waals surface area contributed by atoms with Gasteiger partial charge in [-0.05, 0) is 213 Å². The fourth-order valence-corrected chi connectivity index (χ4v) is 21.6. The highest BCUT2D eigenvalue weighted by atomic mass is 79.9. The summed E-state index contributed by atoms with van der Waals surface area (Å²) in [7, 11) is 0. The maximum Gasteiger partial charge on any atom is 0.0726 e. The van der Waals surface area contributed by atoms with Crippen molar-refractivity contribution in [1.82, 2.24) is 4.57 Å². The maximum atomic E-state index is 3.79. The van der Waals surface area contributed by atoms with E-state index in [4.69, 9.17) is 0 Å². The van der Waals surface area contributed by atoms with Crippen LogP contribution < -0.4 is 0 Å². The molecule has 2 spiro atoms. The molecule has 0 amide bonds. The molecule has 0 saturated carbocycles. The monoisotopic (exact) mass is 1410 g/mol. The van der Waals surface area contributed by atoms with Crippen LogP contribution in [0.4, 0.5) is 0 Å². The fourth-order valence-electron chi connectivity index (χ4n) is 19.0. The normalized spacial score (nSPS) is 15.5. The highest BCUT2D eigenvalue weighted by Gasteiger charge is 2.54. The number of aromatic nitrogens is 1. The van der Waals surface area contributed by atoms with Gasteiger partial charge in [-0.3, -0.25) is 0 Å². The third-order valence-electron chi connectivity index (χ3n) is 23.1. The van der Waals surface area contributed by atoms with Gasteiger partial charge >= 0.3 is 0 Å². The van der Waals surface area contributed by atoms with Crippen LogP contribution in [0.2, 0.25) is 0 Å². The first-order chi connectivity index (χ1) is 51.0. The minimum absolute atomic E-state index is 0.293. The van der Waals surface area contributed by atoms with Crippen molar-refractivity contribution in [1.29, 1.82) is 0 Å². The van der Waals surface area contributed by atoms with Gasteiger partial charge in [-0.15, -0.1) is 22.7 Å². The number of rotatable bonds is 3. The molecule has 480 valence electrons. The van der Waals surface area contributed by atoms with Crippen molar-refractivity contribution in [2.24, 2.45) is 0 Å². The van der Waals surface area contributed by atoms with E-state index >= 15 is 0 Å². The molecule has 16 aromatic carbocycles. The van der Waals surface area contributed by atoms with Crippen LogP contribution in [0.15, 0.2) is 356 Å². The molecule has 2 atom stereocenters. The van der Waals surface area contributed by atoms with Crippen molar-refractivity contribution in [3.63, 3.8) is 0 Å². The SMILES string of the molecule is Brc1ccc2c(c1)C1(c3ccccc3-2)c2ccccc2-c2c1ccc1sc3ccccc3c21.c1ccc(-c2ccc3c(c2)-c2ccccc2C3)cc1.c1ccc(-c2ccc3c(c2)c2ccccc2n3-c2ccc3c(c2)C2(c4ccccc4-3)c3ccccc3-c3c2ccc2sc4ccccc4c32)cc1. The van der Waals surface area contributed by atoms with Crippen molar-refractivity contribution in [3.8, 4) is 83.6 Å². The van der Waals surface area contributed by atoms with Crippen molar-refractivity contribution in [2.75, 3.05) is 0 Å². The molecule has 19 aromatic rings. The van der Waals surface area contributed by atoms with E-state index in [1.807, 2.05) is 22.7 Å². The number of hydrogen-bond acceptors (Lipinski definition) is 2. The molecular weight excluding hydrogens is 1350 g/mol. The molecule has 5 aliphatic carbocycles. The maximum absolute atomic E-state index is 3.79. The van der Waals surface area contributed by atoms with Gasteiger partial charge in [0.1, 0.15) is 0 Å². The van der Waals surface area contributed by atoms with Gasteiger partial charge < -0.3 is 4.57 Å². The van der Waals surface area contributed by atoms with E-state index in [2.05, 4.69) is 372 Å². The van der Waals surface area contributed by atoms with Crippen molar-refractivity contribution in [2.45, 2.75) is 17.3 Å². The number of hydrogen-bond donors (Lipinski definition) is 0. The zero-order chi connectivity index (χ0) is 67.7. The molecule has 3 aromatic heterocycles. The Morgan fingerprint density at radius 2 is 0.689 bits per heavy atom. The molecule has 5 aliphatic rings. The molecule has 4 heteroatoms. The predicted octanol–water partition coefficient (Wildman–Crippen LogP) is 27.2. The smallest absolute Gasteiger partial charge is 0.0726 e. The first kappa shape index (κ1) is 59.0. The van der Waals surface area contributed by atoms with Crippen molar-refractivity contribution >= 4 is 101 Å². The molecule has 0 saturated heterocycles. The van der Waals surface area contributed by atoms with Gasteiger partial charge in [0.15, 0.2) is 0 Å². The minimum atomic E-state index is -0.426. The lowest BCUT2D eigenvalue weighted by Crippen LogP contribution is -2.26. The van der Waals surface area contributed by atoms with Gasteiger partial charge in [0.05, 0.1) is 21.9 Å². The number of benzene rings is 16. The largest absolute Gasteiger partial charge is 0.309 e. The first-order valence-corrected chi connectivity index (χ1v) is 38.0. The second-order valence-electron chi connectivity index (χ2n) is 28.0. The van der Waals surface area contributed by atoms with E-state index in [1.165, 1.54) is 201 Å². The van der Waals surface area contributed by atoms with Gasteiger partial charge in [-0.2, -0.15) is 0 Å². The summed E-state index contributed by atoms with van der Waals surface area (Å²) in [4.78, 5) is 0. The van der Waals surface area contributed by atoms with E-state index < -0.39 is 5.41 Å². The molecule has 0 bridgehead atoms. The van der Waals surface area contributed by atoms with Crippen LogP contribution in [0.1, 0.15) is 55.6 Å². The van der Waals surface area contributed by atoms with Crippen LogP contribution in [-0.2, 0) is 17.3 Å². The van der Waals surface area contributed by atoms with Crippen LogP contribution in [-0.4, -0.2) is 4.57 Å². The standard InChI is InChI=1S/C49H29NS.C31H17BrS.C19H14/c1-2-12-30(13-3-1)31-22-26-44-38(28-31)35-15-6-10-20-43(35)50(44)32-23-24-34-33-14-4-8-18-39(33)49(42(34)29-32)40-19-9-5-16-36(40)47-41(49)25-27-46-48(47)37-17-7-11-21-45(37)51-46;32-18-13-14-20-19-7-1-4-10-23(19)31(26(20)17-18)24-11-5-2-8-21(24)29-25(31)15-16-28-30(29)22-9-3-6-12-27(22)33-28;1-2-6-14(7-3-1)15-10-11-17-12-16-8-4-5-9-18(16)19(17)13-15/h1-29H;1-17H;1-11,13H,12H2. The summed E-state index contributed by atoms with van der Waals surface area (Å²) in [5.74, 6) is 0. The second-order valence-corrected chi connectivity index (χ2v) is 31.1. The van der Waals surface area contributed by atoms with E-state index in [0.717, 1.165) is 10.9 Å². The molecule has 0 fully saturated rings. The predicted molar refractivity (Wildman–Crippen MR) is 439 cm³/mol. The second kappa shape index (κ2) is 22.6. The quantitative estimate of drug-likeness (QED) is 0.166. The molecule has 1 nitrogen and oxygen atoms in total. The molecule has 0 aliphatic heterocycles. The summed E-state index contributed by atoms with van der Waals surface area (Å²) in [5.41, 5.74) is 35.6. The van der Waals surface area contributed by atoms with E-state index in [-0.39, 0.29) is 5.41 Å². The van der Waals surface area contributed by atoms with Crippen molar-refractivity contribution in [3.05, 3.63) is 412 Å². The van der Waals surface area contributed by atoms with Crippen LogP contribution in [0.3, 0.4) is 0 Å². The summed E-state index contributed by atoms with van der Waals surface area (Å²) in [6.45, 7) is 0. The number of halogens is 1. The molecule has 0 radical (unpaired) electrons.